The van der Waals surface area contributed by atoms with Crippen molar-refractivity contribution in [2.75, 3.05) is 7.11 Å². The van der Waals surface area contributed by atoms with Crippen LogP contribution in [0, 0.1) is 5.82 Å². The van der Waals surface area contributed by atoms with Crippen LogP contribution in [0.2, 0.25) is 0 Å². The number of para-hydroxylation sites is 1. The van der Waals surface area contributed by atoms with Gasteiger partial charge in [0.1, 0.15) is 11.6 Å². The van der Waals surface area contributed by atoms with Gasteiger partial charge in [0.25, 0.3) is 0 Å². The van der Waals surface area contributed by atoms with Crippen molar-refractivity contribution in [2.24, 2.45) is 0 Å². The molecule has 3 rings (SSSR count). The molecule has 0 radical (unpaired) electrons. The molecule has 1 aromatic heterocycles. The van der Waals surface area contributed by atoms with Gasteiger partial charge in [-0.1, -0.05) is 32.0 Å². The second kappa shape index (κ2) is 10.8. The largest absolute Gasteiger partial charge is 0.496 e. The van der Waals surface area contributed by atoms with E-state index in [0.29, 0.717) is 5.92 Å². The van der Waals surface area contributed by atoms with E-state index >= 15 is 0 Å². The van der Waals surface area contributed by atoms with Gasteiger partial charge in [0.15, 0.2) is 0 Å². The molecule has 0 saturated heterocycles. The van der Waals surface area contributed by atoms with Gasteiger partial charge in [-0.2, -0.15) is 13.2 Å². The molecule has 1 N–H and O–H groups in total. The minimum absolute atomic E-state index is 0.231. The van der Waals surface area contributed by atoms with Crippen molar-refractivity contribution in [1.29, 1.82) is 0 Å². The van der Waals surface area contributed by atoms with Crippen molar-refractivity contribution in [3.05, 3.63) is 71.9 Å². The molecule has 0 bridgehead atoms. The van der Waals surface area contributed by atoms with Gasteiger partial charge in [0.05, 0.1) is 19.1 Å². The van der Waals surface area contributed by atoms with Crippen LogP contribution in [0.3, 0.4) is 0 Å². The van der Waals surface area contributed by atoms with Crippen molar-refractivity contribution in [2.45, 2.75) is 38.9 Å². The number of methoxy groups -OCH3 is 1. The minimum atomic E-state index is -5.08. The average molecular weight is 452 g/mol. The van der Waals surface area contributed by atoms with E-state index < -0.39 is 12.1 Å². The fraction of sp³-hybridized carbons (Fsp3) is 0.304. The van der Waals surface area contributed by atoms with E-state index in [1.54, 1.807) is 19.2 Å². The molecule has 0 amide bonds. The van der Waals surface area contributed by atoms with Crippen LogP contribution < -0.4 is 4.74 Å². The summed E-state index contributed by atoms with van der Waals surface area (Å²) < 4.78 is 52.6. The third kappa shape index (κ3) is 6.57. The zero-order valence-corrected chi connectivity index (χ0v) is 17.9. The summed E-state index contributed by atoms with van der Waals surface area (Å²) in [5.74, 6) is -1.76. The lowest BCUT2D eigenvalue weighted by molar-refractivity contribution is -0.192. The summed E-state index contributed by atoms with van der Waals surface area (Å²) in [5.41, 5.74) is 4.22. The van der Waals surface area contributed by atoms with Crippen molar-refractivity contribution in [1.82, 2.24) is 9.55 Å². The Balaban J connectivity index is 0.000000451. The number of carbonyl (C=O) groups is 1. The second-order valence-electron chi connectivity index (χ2n) is 7.20. The van der Waals surface area contributed by atoms with Crippen LogP contribution >= 0.6 is 0 Å². The highest BCUT2D eigenvalue weighted by Gasteiger charge is 2.38. The number of carboxylic acids is 1. The van der Waals surface area contributed by atoms with Crippen LogP contribution in [-0.4, -0.2) is 33.9 Å². The molecule has 0 atom stereocenters. The maximum absolute atomic E-state index is 13.2. The van der Waals surface area contributed by atoms with Gasteiger partial charge in [-0.15, -0.1) is 0 Å². The lowest BCUT2D eigenvalue weighted by atomic mass is 10.0. The van der Waals surface area contributed by atoms with Gasteiger partial charge < -0.3 is 14.4 Å². The number of carboxylic acid groups (broad SMARTS) is 1. The van der Waals surface area contributed by atoms with Crippen molar-refractivity contribution < 1.29 is 32.2 Å². The number of rotatable bonds is 6. The van der Waals surface area contributed by atoms with Crippen LogP contribution in [0.1, 0.15) is 31.0 Å². The predicted octanol–water partition coefficient (Wildman–Crippen LogP) is 5.70. The van der Waals surface area contributed by atoms with E-state index in [9.17, 15) is 17.6 Å². The number of aryl methyl sites for hydroxylation is 2. The second-order valence-corrected chi connectivity index (χ2v) is 7.20. The van der Waals surface area contributed by atoms with E-state index in [2.05, 4.69) is 29.5 Å². The fourth-order valence-electron chi connectivity index (χ4n) is 3.16. The number of hydrogen-bond donors (Lipinski definition) is 1. The zero-order valence-electron chi connectivity index (χ0n) is 17.9. The number of aliphatic carboxylic acids is 1. The number of imidazole rings is 1. The Bertz CT molecular complexity index is 1030. The quantitative estimate of drug-likeness (QED) is 0.488. The number of halogens is 4. The minimum Gasteiger partial charge on any atom is -0.496 e. The van der Waals surface area contributed by atoms with Crippen LogP contribution in [0.15, 0.2) is 54.9 Å². The van der Waals surface area contributed by atoms with E-state index in [4.69, 9.17) is 14.6 Å². The maximum atomic E-state index is 13.2. The number of ether oxygens (including phenoxy) is 1. The molecular weight excluding hydrogens is 428 g/mol. The highest BCUT2D eigenvalue weighted by molar-refractivity contribution is 5.73. The third-order valence-corrected chi connectivity index (χ3v) is 4.60. The van der Waals surface area contributed by atoms with Gasteiger partial charge in [-0.25, -0.2) is 14.2 Å². The Morgan fingerprint density at radius 3 is 2.25 bits per heavy atom. The SMILES string of the molecule is COc1ccccc1CCn1cnc(-c2ccc(F)cc2)c1C(C)C.O=C(O)C(F)(F)F. The fourth-order valence-corrected chi connectivity index (χ4v) is 3.16. The molecule has 0 unspecified atom stereocenters. The lowest BCUT2D eigenvalue weighted by Gasteiger charge is -2.14. The van der Waals surface area contributed by atoms with Crippen molar-refractivity contribution in [3.8, 4) is 17.0 Å². The first kappa shape index (κ1) is 24.9. The zero-order chi connectivity index (χ0) is 23.9. The molecule has 0 aliphatic rings. The van der Waals surface area contributed by atoms with E-state index in [-0.39, 0.29) is 5.82 Å². The normalized spacial score (nSPS) is 11.1. The number of benzene rings is 2. The molecule has 5 nitrogen and oxygen atoms in total. The maximum Gasteiger partial charge on any atom is 0.490 e. The topological polar surface area (TPSA) is 64.4 Å². The first-order valence-corrected chi connectivity index (χ1v) is 9.77. The molecule has 32 heavy (non-hydrogen) atoms. The summed E-state index contributed by atoms with van der Waals surface area (Å²) in [4.78, 5) is 13.5. The molecule has 0 saturated carbocycles. The standard InChI is InChI=1S/C21H23FN2O.C2HF3O2/c1-15(2)21-20(17-8-10-18(22)11-9-17)23-14-24(21)13-12-16-6-4-5-7-19(16)25-3;3-2(4,5)1(6)7/h4-11,14-15H,12-13H2,1-3H3;(H,6,7). The Morgan fingerprint density at radius 2 is 1.72 bits per heavy atom. The van der Waals surface area contributed by atoms with Gasteiger partial charge in [-0.05, 0) is 48.2 Å². The van der Waals surface area contributed by atoms with Gasteiger partial charge >= 0.3 is 12.1 Å². The predicted molar refractivity (Wildman–Crippen MR) is 112 cm³/mol. The summed E-state index contributed by atoms with van der Waals surface area (Å²) in [6.07, 6.45) is -2.34. The number of nitrogens with zero attached hydrogens (tertiary/aromatic N) is 2. The molecule has 1 heterocycles. The van der Waals surface area contributed by atoms with Crippen LogP contribution in [0.4, 0.5) is 17.6 Å². The molecular formula is C23H24F4N2O3. The molecule has 0 spiro atoms. The Morgan fingerprint density at radius 1 is 1.12 bits per heavy atom. The summed E-state index contributed by atoms with van der Waals surface area (Å²) >= 11 is 0. The number of aromatic nitrogens is 2. The lowest BCUT2D eigenvalue weighted by Crippen LogP contribution is -2.21. The Hall–Kier alpha value is -3.36. The summed E-state index contributed by atoms with van der Waals surface area (Å²) in [6, 6.07) is 14.6. The number of hydrogen-bond acceptors (Lipinski definition) is 3. The summed E-state index contributed by atoms with van der Waals surface area (Å²) in [6.45, 7) is 5.13. The van der Waals surface area contributed by atoms with E-state index in [0.717, 1.165) is 30.0 Å². The monoisotopic (exact) mass is 452 g/mol. The Kier molecular flexibility index (Phi) is 8.40. The van der Waals surface area contributed by atoms with Gasteiger partial charge in [0.2, 0.25) is 0 Å². The first-order valence-electron chi connectivity index (χ1n) is 9.77. The third-order valence-electron chi connectivity index (χ3n) is 4.60. The van der Waals surface area contributed by atoms with E-state index in [1.165, 1.54) is 23.4 Å². The molecule has 0 fully saturated rings. The van der Waals surface area contributed by atoms with Crippen molar-refractivity contribution in [3.63, 3.8) is 0 Å². The molecule has 0 aliphatic carbocycles. The first-order chi connectivity index (χ1) is 15.0. The molecule has 172 valence electrons. The average Bonchev–Trinajstić information content (AvgIpc) is 3.17. The molecule has 0 aliphatic heterocycles. The molecule has 3 aromatic rings. The molecule has 9 heteroatoms. The van der Waals surface area contributed by atoms with Crippen LogP contribution in [0.5, 0.6) is 5.75 Å². The van der Waals surface area contributed by atoms with Crippen molar-refractivity contribution >= 4 is 5.97 Å². The van der Waals surface area contributed by atoms with Gasteiger partial charge in [0, 0.05) is 17.8 Å². The summed E-state index contributed by atoms with van der Waals surface area (Å²) in [7, 11) is 1.70. The smallest absolute Gasteiger partial charge is 0.490 e. The van der Waals surface area contributed by atoms with Crippen LogP contribution in [-0.2, 0) is 17.8 Å². The highest BCUT2D eigenvalue weighted by Crippen LogP contribution is 2.29. The van der Waals surface area contributed by atoms with E-state index in [1.807, 2.05) is 24.5 Å². The Labute approximate surface area is 183 Å². The number of alkyl halides is 3. The molecule has 2 aromatic carbocycles. The summed E-state index contributed by atoms with van der Waals surface area (Å²) in [5, 5.41) is 7.12. The highest BCUT2D eigenvalue weighted by atomic mass is 19.4. The van der Waals surface area contributed by atoms with Crippen LogP contribution in [0.25, 0.3) is 11.3 Å². The van der Waals surface area contributed by atoms with Gasteiger partial charge in [-0.3, -0.25) is 0 Å².